The molecule has 20 heavy (non-hydrogen) atoms. The van der Waals surface area contributed by atoms with Gasteiger partial charge in [-0.05, 0) is 39.8 Å². The maximum absolute atomic E-state index is 6.02. The molecular weight excluding hydrogens is 250 g/mol. The molecule has 0 bridgehead atoms. The molecule has 4 nitrogen and oxygen atoms in total. The summed E-state index contributed by atoms with van der Waals surface area (Å²) in [5.74, 6) is 0.854. The minimum absolute atomic E-state index is 0.0391. The highest BCUT2D eigenvalue weighted by atomic mass is 16.5. The standard InChI is InChI=1S/C16H23N3O/c1-5-19-14(9-12(3)18-19)10-20-16-7-6-11(2)8-15(16)13(4)17/h6-9,13H,5,10,17H2,1-4H3/t13-/m0/s1. The van der Waals surface area contributed by atoms with Crippen molar-refractivity contribution < 1.29 is 4.74 Å². The number of aryl methyl sites for hydroxylation is 3. The Morgan fingerprint density at radius 3 is 2.70 bits per heavy atom. The number of nitrogens with two attached hydrogens (primary N) is 1. The molecule has 0 fully saturated rings. The lowest BCUT2D eigenvalue weighted by Crippen LogP contribution is -2.10. The van der Waals surface area contributed by atoms with Gasteiger partial charge in [-0.15, -0.1) is 0 Å². The Hall–Kier alpha value is -1.81. The number of benzene rings is 1. The molecule has 2 aromatic rings. The van der Waals surface area contributed by atoms with Gasteiger partial charge >= 0.3 is 0 Å². The number of aromatic nitrogens is 2. The van der Waals surface area contributed by atoms with Crippen LogP contribution in [0.5, 0.6) is 5.75 Å². The summed E-state index contributed by atoms with van der Waals surface area (Å²) < 4.78 is 7.92. The minimum Gasteiger partial charge on any atom is -0.487 e. The summed E-state index contributed by atoms with van der Waals surface area (Å²) in [4.78, 5) is 0. The Bertz CT molecular complexity index is 587. The topological polar surface area (TPSA) is 53.1 Å². The molecule has 1 atom stereocenters. The molecule has 2 N–H and O–H groups in total. The second kappa shape index (κ2) is 6.09. The molecule has 0 saturated carbocycles. The maximum atomic E-state index is 6.02. The zero-order valence-electron chi connectivity index (χ0n) is 12.7. The van der Waals surface area contributed by atoms with Gasteiger partial charge in [0.05, 0.1) is 11.4 Å². The fourth-order valence-electron chi connectivity index (χ4n) is 2.30. The molecule has 0 saturated heterocycles. The molecule has 1 aromatic carbocycles. The summed E-state index contributed by atoms with van der Waals surface area (Å²) in [6.45, 7) is 9.47. The van der Waals surface area contributed by atoms with Gasteiger partial charge in [-0.1, -0.05) is 17.7 Å². The summed E-state index contributed by atoms with van der Waals surface area (Å²) >= 11 is 0. The van der Waals surface area contributed by atoms with Crippen molar-refractivity contribution in [3.63, 3.8) is 0 Å². The summed E-state index contributed by atoms with van der Waals surface area (Å²) in [7, 11) is 0. The average molecular weight is 273 g/mol. The van der Waals surface area contributed by atoms with Crippen LogP contribution in [0.2, 0.25) is 0 Å². The molecule has 4 heteroatoms. The van der Waals surface area contributed by atoms with Crippen molar-refractivity contribution in [2.24, 2.45) is 5.73 Å². The van der Waals surface area contributed by atoms with E-state index in [2.05, 4.69) is 31.1 Å². The lowest BCUT2D eigenvalue weighted by atomic mass is 10.1. The van der Waals surface area contributed by atoms with Crippen molar-refractivity contribution in [2.75, 3.05) is 0 Å². The summed E-state index contributed by atoms with van der Waals surface area (Å²) in [6, 6.07) is 8.14. The molecule has 1 heterocycles. The Kier molecular flexibility index (Phi) is 4.45. The second-order valence-corrected chi connectivity index (χ2v) is 5.21. The first-order valence-electron chi connectivity index (χ1n) is 7.03. The van der Waals surface area contributed by atoms with Gasteiger partial charge in [-0.3, -0.25) is 4.68 Å². The second-order valence-electron chi connectivity index (χ2n) is 5.21. The molecular formula is C16H23N3O. The van der Waals surface area contributed by atoms with Crippen LogP contribution in [0.25, 0.3) is 0 Å². The zero-order valence-corrected chi connectivity index (χ0v) is 12.7. The van der Waals surface area contributed by atoms with Crippen molar-refractivity contribution in [2.45, 2.75) is 46.9 Å². The number of rotatable bonds is 5. The monoisotopic (exact) mass is 273 g/mol. The highest BCUT2D eigenvalue weighted by Crippen LogP contribution is 2.25. The molecule has 0 aliphatic heterocycles. The van der Waals surface area contributed by atoms with Crippen molar-refractivity contribution in [1.82, 2.24) is 9.78 Å². The zero-order chi connectivity index (χ0) is 14.7. The Morgan fingerprint density at radius 1 is 1.30 bits per heavy atom. The van der Waals surface area contributed by atoms with Crippen LogP contribution < -0.4 is 10.5 Å². The molecule has 108 valence electrons. The molecule has 0 amide bonds. The van der Waals surface area contributed by atoms with Crippen molar-refractivity contribution in [3.05, 3.63) is 46.8 Å². The number of hydrogen-bond donors (Lipinski definition) is 1. The van der Waals surface area contributed by atoms with Gasteiger partial charge in [0.15, 0.2) is 0 Å². The minimum atomic E-state index is -0.0391. The van der Waals surface area contributed by atoms with E-state index in [1.165, 1.54) is 5.56 Å². The largest absolute Gasteiger partial charge is 0.487 e. The van der Waals surface area contributed by atoms with Crippen molar-refractivity contribution in [1.29, 1.82) is 0 Å². The van der Waals surface area contributed by atoms with Crippen LogP contribution in [0.15, 0.2) is 24.3 Å². The fourth-order valence-corrected chi connectivity index (χ4v) is 2.30. The molecule has 0 unspecified atom stereocenters. The Labute approximate surface area is 120 Å². The summed E-state index contributed by atoms with van der Waals surface area (Å²) in [6.07, 6.45) is 0. The Morgan fingerprint density at radius 2 is 2.05 bits per heavy atom. The smallest absolute Gasteiger partial charge is 0.130 e. The molecule has 2 rings (SSSR count). The van der Waals surface area contributed by atoms with Crippen molar-refractivity contribution >= 4 is 0 Å². The van der Waals surface area contributed by atoms with Gasteiger partial charge in [0, 0.05) is 18.2 Å². The lowest BCUT2D eigenvalue weighted by molar-refractivity contribution is 0.288. The molecule has 0 radical (unpaired) electrons. The van der Waals surface area contributed by atoms with E-state index in [4.69, 9.17) is 10.5 Å². The normalized spacial score (nSPS) is 12.4. The van der Waals surface area contributed by atoms with Crippen LogP contribution >= 0.6 is 0 Å². The van der Waals surface area contributed by atoms with Gasteiger partial charge in [-0.25, -0.2) is 0 Å². The summed E-state index contributed by atoms with van der Waals surface area (Å²) in [5, 5.41) is 4.43. The predicted molar refractivity (Wildman–Crippen MR) is 80.8 cm³/mol. The predicted octanol–water partition coefficient (Wildman–Crippen LogP) is 3.12. The van der Waals surface area contributed by atoms with Gasteiger partial charge < -0.3 is 10.5 Å². The van der Waals surface area contributed by atoms with E-state index in [0.717, 1.165) is 29.2 Å². The fraction of sp³-hybridized carbons (Fsp3) is 0.438. The van der Waals surface area contributed by atoms with Crippen LogP contribution in [0, 0.1) is 13.8 Å². The Balaban J connectivity index is 2.18. The third-order valence-electron chi connectivity index (χ3n) is 3.32. The van der Waals surface area contributed by atoms with E-state index in [0.29, 0.717) is 6.61 Å². The quantitative estimate of drug-likeness (QED) is 0.910. The summed E-state index contributed by atoms with van der Waals surface area (Å²) in [5.41, 5.74) is 10.4. The molecule has 0 aliphatic carbocycles. The van der Waals surface area contributed by atoms with E-state index in [9.17, 15) is 0 Å². The first kappa shape index (κ1) is 14.6. The highest BCUT2D eigenvalue weighted by molar-refractivity contribution is 5.38. The number of ether oxygens (including phenoxy) is 1. The van der Waals surface area contributed by atoms with Crippen molar-refractivity contribution in [3.8, 4) is 5.75 Å². The molecule has 0 spiro atoms. The molecule has 1 aromatic heterocycles. The van der Waals surface area contributed by atoms with Crippen LogP contribution in [0.4, 0.5) is 0 Å². The van der Waals surface area contributed by atoms with Gasteiger partial charge in [0.2, 0.25) is 0 Å². The molecule has 0 aliphatic rings. The number of hydrogen-bond acceptors (Lipinski definition) is 3. The van der Waals surface area contributed by atoms with Gasteiger partial charge in [0.25, 0.3) is 0 Å². The van der Waals surface area contributed by atoms with Crippen LogP contribution in [-0.2, 0) is 13.2 Å². The van der Waals surface area contributed by atoms with E-state index in [1.807, 2.05) is 30.7 Å². The highest BCUT2D eigenvalue weighted by Gasteiger charge is 2.10. The van der Waals surface area contributed by atoms with Gasteiger partial charge in [0.1, 0.15) is 12.4 Å². The van der Waals surface area contributed by atoms with Crippen LogP contribution in [0.3, 0.4) is 0 Å². The van der Waals surface area contributed by atoms with E-state index < -0.39 is 0 Å². The SMILES string of the molecule is CCn1nc(C)cc1COc1ccc(C)cc1[C@H](C)N. The van der Waals surface area contributed by atoms with Crippen LogP contribution in [0.1, 0.15) is 42.4 Å². The maximum Gasteiger partial charge on any atom is 0.130 e. The van der Waals surface area contributed by atoms with E-state index in [-0.39, 0.29) is 6.04 Å². The van der Waals surface area contributed by atoms with E-state index >= 15 is 0 Å². The lowest BCUT2D eigenvalue weighted by Gasteiger charge is -2.15. The number of nitrogens with zero attached hydrogens (tertiary/aromatic N) is 2. The van der Waals surface area contributed by atoms with E-state index in [1.54, 1.807) is 0 Å². The third kappa shape index (κ3) is 3.20. The first-order valence-corrected chi connectivity index (χ1v) is 7.03. The third-order valence-corrected chi connectivity index (χ3v) is 3.32. The van der Waals surface area contributed by atoms with Gasteiger partial charge in [-0.2, -0.15) is 5.10 Å². The first-order chi connectivity index (χ1) is 9.51. The van der Waals surface area contributed by atoms with Crippen LogP contribution in [-0.4, -0.2) is 9.78 Å². The average Bonchev–Trinajstić information content (AvgIpc) is 2.77.